The minimum absolute atomic E-state index is 0.363. The molecule has 0 amide bonds. The van der Waals surface area contributed by atoms with Gasteiger partial charge < -0.3 is 0 Å². The van der Waals surface area contributed by atoms with E-state index in [1.165, 1.54) is 25.7 Å². The van der Waals surface area contributed by atoms with Gasteiger partial charge in [-0.25, -0.2) is 0 Å². The predicted molar refractivity (Wildman–Crippen MR) is 67.8 cm³/mol. The van der Waals surface area contributed by atoms with Crippen molar-refractivity contribution in [2.45, 2.75) is 53.4 Å². The standard InChI is InChI=1S/C15H26/c1-6-9-15(5)10-8-13(12(3)4)11-14(15)7-2/h9,12-14H,1,7-8,10-11H2,2-5H3. The molecule has 0 aromatic heterocycles. The van der Waals surface area contributed by atoms with Crippen LogP contribution in [-0.2, 0) is 0 Å². The fourth-order valence-electron chi connectivity index (χ4n) is 3.11. The van der Waals surface area contributed by atoms with Gasteiger partial charge in [-0.15, -0.1) is 5.73 Å². The SMILES string of the molecule is C=C=CC1(C)CCC(C(C)C)CC1CC. The maximum absolute atomic E-state index is 3.74. The van der Waals surface area contributed by atoms with E-state index in [9.17, 15) is 0 Å². The summed E-state index contributed by atoms with van der Waals surface area (Å²) in [5, 5.41) is 0. The van der Waals surface area contributed by atoms with Crippen LogP contribution in [0.1, 0.15) is 53.4 Å². The summed E-state index contributed by atoms with van der Waals surface area (Å²) < 4.78 is 0. The number of hydrogen-bond acceptors (Lipinski definition) is 0. The lowest BCUT2D eigenvalue weighted by Gasteiger charge is -2.43. The Morgan fingerprint density at radius 2 is 2.20 bits per heavy atom. The van der Waals surface area contributed by atoms with Crippen LogP contribution in [0.25, 0.3) is 0 Å². The zero-order valence-corrected chi connectivity index (χ0v) is 10.8. The minimum atomic E-state index is 0.363. The molecule has 0 saturated heterocycles. The summed E-state index contributed by atoms with van der Waals surface area (Å²) in [5.41, 5.74) is 3.37. The molecule has 0 spiro atoms. The van der Waals surface area contributed by atoms with Crippen LogP contribution >= 0.6 is 0 Å². The molecule has 1 rings (SSSR count). The van der Waals surface area contributed by atoms with Crippen molar-refractivity contribution in [3.8, 4) is 0 Å². The van der Waals surface area contributed by atoms with Crippen LogP contribution in [0.4, 0.5) is 0 Å². The lowest BCUT2D eigenvalue weighted by atomic mass is 9.61. The lowest BCUT2D eigenvalue weighted by molar-refractivity contribution is 0.1000. The third kappa shape index (κ3) is 2.75. The zero-order chi connectivity index (χ0) is 11.5. The van der Waals surface area contributed by atoms with E-state index in [0.717, 1.165) is 17.8 Å². The number of hydrogen-bond donors (Lipinski definition) is 0. The highest BCUT2D eigenvalue weighted by Gasteiger charge is 2.37. The van der Waals surface area contributed by atoms with Gasteiger partial charge in [0.25, 0.3) is 0 Å². The predicted octanol–water partition coefficient (Wildman–Crippen LogP) is 4.82. The summed E-state index contributed by atoms with van der Waals surface area (Å²) in [4.78, 5) is 0. The third-order valence-corrected chi connectivity index (χ3v) is 4.44. The molecule has 0 bridgehead atoms. The Kier molecular flexibility index (Phi) is 4.22. The van der Waals surface area contributed by atoms with E-state index in [1.807, 2.05) is 0 Å². The number of rotatable bonds is 3. The average molecular weight is 206 g/mol. The van der Waals surface area contributed by atoms with E-state index >= 15 is 0 Å². The Hall–Kier alpha value is -0.480. The van der Waals surface area contributed by atoms with Gasteiger partial charge in [0, 0.05) is 0 Å². The van der Waals surface area contributed by atoms with Gasteiger partial charge in [-0.1, -0.05) is 40.7 Å². The van der Waals surface area contributed by atoms with Crippen molar-refractivity contribution in [2.75, 3.05) is 0 Å². The molecule has 0 N–H and O–H groups in total. The molecule has 0 nitrogen and oxygen atoms in total. The van der Waals surface area contributed by atoms with E-state index in [1.54, 1.807) is 0 Å². The maximum atomic E-state index is 3.74. The highest BCUT2D eigenvalue weighted by atomic mass is 14.4. The monoisotopic (exact) mass is 206 g/mol. The van der Waals surface area contributed by atoms with Gasteiger partial charge in [0.1, 0.15) is 0 Å². The molecule has 3 atom stereocenters. The molecule has 0 aromatic carbocycles. The average Bonchev–Trinajstić information content (AvgIpc) is 2.18. The molecular weight excluding hydrogens is 180 g/mol. The van der Waals surface area contributed by atoms with Crippen molar-refractivity contribution in [3.63, 3.8) is 0 Å². The van der Waals surface area contributed by atoms with Crippen LogP contribution in [0.15, 0.2) is 18.4 Å². The summed E-state index contributed by atoms with van der Waals surface area (Å²) in [6.45, 7) is 13.2. The number of allylic oxidation sites excluding steroid dienone is 1. The summed E-state index contributed by atoms with van der Waals surface area (Å²) in [6, 6.07) is 0. The lowest BCUT2D eigenvalue weighted by Crippen LogP contribution is -2.34. The Morgan fingerprint density at radius 1 is 1.53 bits per heavy atom. The van der Waals surface area contributed by atoms with Crippen LogP contribution in [0.2, 0.25) is 0 Å². The first-order valence-corrected chi connectivity index (χ1v) is 6.40. The Labute approximate surface area is 95.5 Å². The fraction of sp³-hybridized carbons (Fsp3) is 0.800. The molecule has 0 aromatic rings. The van der Waals surface area contributed by atoms with Crippen molar-refractivity contribution in [1.82, 2.24) is 0 Å². The van der Waals surface area contributed by atoms with Crippen LogP contribution in [0.3, 0.4) is 0 Å². The topological polar surface area (TPSA) is 0 Å². The molecule has 1 aliphatic rings. The van der Waals surface area contributed by atoms with Crippen molar-refractivity contribution >= 4 is 0 Å². The summed E-state index contributed by atoms with van der Waals surface area (Å²) in [6.07, 6.45) is 7.60. The highest BCUT2D eigenvalue weighted by Crippen LogP contribution is 2.47. The molecule has 1 saturated carbocycles. The quantitative estimate of drug-likeness (QED) is 0.581. The Balaban J connectivity index is 2.76. The van der Waals surface area contributed by atoms with Gasteiger partial charge in [-0.3, -0.25) is 0 Å². The van der Waals surface area contributed by atoms with Gasteiger partial charge in [-0.2, -0.15) is 0 Å². The van der Waals surface area contributed by atoms with Gasteiger partial charge in [0.05, 0.1) is 0 Å². The van der Waals surface area contributed by atoms with E-state index in [-0.39, 0.29) is 0 Å². The third-order valence-electron chi connectivity index (χ3n) is 4.44. The minimum Gasteiger partial charge on any atom is -0.132 e. The van der Waals surface area contributed by atoms with Crippen LogP contribution in [0.5, 0.6) is 0 Å². The molecular formula is C15H26. The fourth-order valence-corrected chi connectivity index (χ4v) is 3.11. The molecule has 0 aliphatic heterocycles. The van der Waals surface area contributed by atoms with E-state index in [2.05, 4.69) is 46.1 Å². The van der Waals surface area contributed by atoms with Gasteiger partial charge in [0.2, 0.25) is 0 Å². The van der Waals surface area contributed by atoms with Crippen molar-refractivity contribution in [3.05, 3.63) is 18.4 Å². The molecule has 1 aliphatic carbocycles. The first kappa shape index (κ1) is 12.6. The first-order chi connectivity index (χ1) is 7.03. The van der Waals surface area contributed by atoms with E-state index in [0.29, 0.717) is 5.41 Å². The smallest absolute Gasteiger partial charge is 0.00426 e. The van der Waals surface area contributed by atoms with Crippen molar-refractivity contribution in [1.29, 1.82) is 0 Å². The normalized spacial score (nSPS) is 36.3. The molecule has 0 heteroatoms. The van der Waals surface area contributed by atoms with E-state index < -0.39 is 0 Å². The maximum Gasteiger partial charge on any atom is -0.00426 e. The van der Waals surface area contributed by atoms with Crippen LogP contribution in [-0.4, -0.2) is 0 Å². The summed E-state index contributed by atoms with van der Waals surface area (Å²) in [5.74, 6) is 2.60. The molecule has 15 heavy (non-hydrogen) atoms. The molecule has 0 radical (unpaired) electrons. The van der Waals surface area contributed by atoms with Crippen LogP contribution in [0, 0.1) is 23.2 Å². The Morgan fingerprint density at radius 3 is 2.67 bits per heavy atom. The Bertz CT molecular complexity index is 245. The second-order valence-corrected chi connectivity index (χ2v) is 5.74. The highest BCUT2D eigenvalue weighted by molar-refractivity contribution is 5.02. The van der Waals surface area contributed by atoms with Gasteiger partial charge in [-0.05, 0) is 48.5 Å². The first-order valence-electron chi connectivity index (χ1n) is 6.40. The molecule has 0 heterocycles. The van der Waals surface area contributed by atoms with Gasteiger partial charge in [0.15, 0.2) is 0 Å². The van der Waals surface area contributed by atoms with Gasteiger partial charge >= 0.3 is 0 Å². The van der Waals surface area contributed by atoms with Crippen LogP contribution < -0.4 is 0 Å². The zero-order valence-electron chi connectivity index (χ0n) is 10.8. The second kappa shape index (κ2) is 5.03. The van der Waals surface area contributed by atoms with Crippen molar-refractivity contribution < 1.29 is 0 Å². The van der Waals surface area contributed by atoms with E-state index in [4.69, 9.17) is 0 Å². The largest absolute Gasteiger partial charge is 0.132 e. The summed E-state index contributed by atoms with van der Waals surface area (Å²) in [7, 11) is 0. The van der Waals surface area contributed by atoms with Crippen molar-refractivity contribution in [2.24, 2.45) is 23.2 Å². The molecule has 1 fully saturated rings. The molecule has 3 unspecified atom stereocenters. The summed E-state index contributed by atoms with van der Waals surface area (Å²) >= 11 is 0. The molecule has 86 valence electrons. The second-order valence-electron chi connectivity index (χ2n) is 5.74.